The molecule has 0 atom stereocenters. The van der Waals surface area contributed by atoms with Crippen LogP contribution >= 0.6 is 0 Å². The van der Waals surface area contributed by atoms with Crippen molar-refractivity contribution in [3.8, 4) is 0 Å². The molecule has 1 fully saturated rings. The summed E-state index contributed by atoms with van der Waals surface area (Å²) < 4.78 is 0. The predicted molar refractivity (Wildman–Crippen MR) is 98.8 cm³/mol. The lowest BCUT2D eigenvalue weighted by Gasteiger charge is -2.38. The van der Waals surface area contributed by atoms with Crippen molar-refractivity contribution in [2.45, 2.75) is 43.7 Å². The lowest BCUT2D eigenvalue weighted by molar-refractivity contribution is -0.801. The second-order valence-corrected chi connectivity index (χ2v) is 7.71. The van der Waals surface area contributed by atoms with E-state index >= 15 is 0 Å². The second-order valence-electron chi connectivity index (χ2n) is 7.71. The van der Waals surface area contributed by atoms with Gasteiger partial charge < -0.3 is 0 Å². The van der Waals surface area contributed by atoms with Crippen molar-refractivity contribution in [2.75, 3.05) is 32.8 Å². The molecule has 1 heterocycles. The number of hydrogen-bond donors (Lipinski definition) is 0. The van der Waals surface area contributed by atoms with Crippen LogP contribution in [0.3, 0.4) is 0 Å². The lowest BCUT2D eigenvalue weighted by Crippen LogP contribution is -2.67. The molecule has 0 aliphatic carbocycles. The largest absolute Gasteiger partial charge is 0.482 e. The van der Waals surface area contributed by atoms with Gasteiger partial charge in [0.25, 0.3) is 0 Å². The van der Waals surface area contributed by atoms with E-state index in [4.69, 9.17) is 0 Å². The SMILES string of the molecule is CC(CCN1CN(CCC(C)([N+](=O)[O-])[N+](=O)[O-])CC([N+](=O)[O-])([N+](=O)[O-])C1)([N+](=O)[O-])[N+](=O)[O-]. The Labute approximate surface area is 177 Å². The van der Waals surface area contributed by atoms with E-state index in [-0.39, 0.29) is 6.67 Å². The van der Waals surface area contributed by atoms with Crippen molar-refractivity contribution in [3.63, 3.8) is 0 Å². The molecule has 0 saturated carbocycles. The van der Waals surface area contributed by atoms with Gasteiger partial charge in [-0.25, -0.2) is 0 Å². The molecule has 1 rings (SSSR count). The molecule has 0 aromatic rings. The molecule has 1 aliphatic heterocycles. The van der Waals surface area contributed by atoms with E-state index in [0.717, 1.165) is 9.80 Å². The average Bonchev–Trinajstić information content (AvgIpc) is 2.68. The number of rotatable bonds is 12. The zero-order valence-corrected chi connectivity index (χ0v) is 16.9. The Morgan fingerprint density at radius 1 is 0.656 bits per heavy atom. The molecule has 180 valence electrons. The van der Waals surface area contributed by atoms with Gasteiger partial charge in [0.05, 0.1) is 40.2 Å². The Balaban J connectivity index is 3.17. The summed E-state index contributed by atoms with van der Waals surface area (Å²) in [5.74, 6) is 0. The van der Waals surface area contributed by atoms with Crippen molar-refractivity contribution >= 4 is 0 Å². The summed E-state index contributed by atoms with van der Waals surface area (Å²) in [7, 11) is 0. The Bertz CT molecular complexity index is 739. The number of nitro groups is 6. The molecule has 0 N–H and O–H groups in total. The first-order valence-electron chi connectivity index (χ1n) is 8.84. The first kappa shape index (κ1) is 26.4. The van der Waals surface area contributed by atoms with Gasteiger partial charge in [0.15, 0.2) is 0 Å². The van der Waals surface area contributed by atoms with Crippen LogP contribution in [0, 0.1) is 60.7 Å². The smallest absolute Gasteiger partial charge is 0.277 e. The van der Waals surface area contributed by atoms with E-state index in [9.17, 15) is 60.7 Å². The molecule has 32 heavy (non-hydrogen) atoms. The minimum absolute atomic E-state index is 0.347. The maximum absolute atomic E-state index is 11.5. The highest BCUT2D eigenvalue weighted by atomic mass is 16.7. The first-order valence-corrected chi connectivity index (χ1v) is 8.84. The normalized spacial score (nSPS) is 17.4. The molecule has 0 spiro atoms. The maximum Gasteiger partial charge on any atom is 0.482 e. The molecular formula is C12H20N8O12. The Morgan fingerprint density at radius 2 is 0.938 bits per heavy atom. The van der Waals surface area contributed by atoms with Crippen molar-refractivity contribution in [3.05, 3.63) is 60.7 Å². The topological polar surface area (TPSA) is 265 Å². The van der Waals surface area contributed by atoms with Crippen molar-refractivity contribution in [1.82, 2.24) is 9.80 Å². The Morgan fingerprint density at radius 3 is 1.16 bits per heavy atom. The molecule has 1 saturated heterocycles. The van der Waals surface area contributed by atoms with Crippen LogP contribution in [0.25, 0.3) is 0 Å². The highest BCUT2D eigenvalue weighted by Crippen LogP contribution is 2.25. The fraction of sp³-hybridized carbons (Fsp3) is 1.00. The molecule has 0 aromatic carbocycles. The minimum atomic E-state index is -2.85. The third kappa shape index (κ3) is 4.96. The fourth-order valence-corrected chi connectivity index (χ4v) is 2.98. The van der Waals surface area contributed by atoms with Gasteiger partial charge in [-0.2, -0.15) is 0 Å². The van der Waals surface area contributed by atoms with Crippen molar-refractivity contribution in [1.29, 1.82) is 0 Å². The van der Waals surface area contributed by atoms with E-state index < -0.39 is 85.5 Å². The molecule has 0 radical (unpaired) electrons. The predicted octanol–water partition coefficient (Wildman–Crippen LogP) is -0.869. The molecule has 1 aliphatic rings. The molecule has 0 aromatic heterocycles. The van der Waals surface area contributed by atoms with E-state index in [1.165, 1.54) is 0 Å². The summed E-state index contributed by atoms with van der Waals surface area (Å²) in [6.45, 7) is -1.68. The molecule has 0 unspecified atom stereocenters. The van der Waals surface area contributed by atoms with Gasteiger partial charge in [-0.1, -0.05) is 0 Å². The maximum atomic E-state index is 11.5. The van der Waals surface area contributed by atoms with Crippen LogP contribution in [0.4, 0.5) is 0 Å². The average molecular weight is 468 g/mol. The Hall–Kier alpha value is -3.68. The van der Waals surface area contributed by atoms with Crippen LogP contribution in [0.5, 0.6) is 0 Å². The highest BCUT2D eigenvalue weighted by Gasteiger charge is 2.62. The monoisotopic (exact) mass is 468 g/mol. The van der Waals surface area contributed by atoms with E-state index in [0.29, 0.717) is 13.8 Å². The van der Waals surface area contributed by atoms with E-state index in [1.807, 2.05) is 0 Å². The van der Waals surface area contributed by atoms with Gasteiger partial charge in [-0.15, -0.1) is 0 Å². The molecular weight excluding hydrogens is 448 g/mol. The van der Waals surface area contributed by atoms with Gasteiger partial charge in [0.1, 0.15) is 35.8 Å². The third-order valence-electron chi connectivity index (χ3n) is 5.41. The number of nitrogens with zero attached hydrogens (tertiary/aromatic N) is 8. The molecule has 20 nitrogen and oxygen atoms in total. The lowest BCUT2D eigenvalue weighted by atomic mass is 10.0. The van der Waals surface area contributed by atoms with Crippen LogP contribution in [0.2, 0.25) is 0 Å². The van der Waals surface area contributed by atoms with E-state index in [2.05, 4.69) is 0 Å². The summed E-state index contributed by atoms with van der Waals surface area (Å²) in [5.41, 5.74) is -8.18. The van der Waals surface area contributed by atoms with Crippen LogP contribution in [-0.2, 0) is 0 Å². The van der Waals surface area contributed by atoms with E-state index in [1.54, 1.807) is 0 Å². The fourth-order valence-electron chi connectivity index (χ4n) is 2.98. The highest BCUT2D eigenvalue weighted by molar-refractivity contribution is 4.84. The van der Waals surface area contributed by atoms with Gasteiger partial charge >= 0.3 is 17.0 Å². The summed E-state index contributed by atoms with van der Waals surface area (Å²) in [5, 5.41) is 67.3. The Kier molecular flexibility index (Phi) is 7.59. The summed E-state index contributed by atoms with van der Waals surface area (Å²) in [4.78, 5) is 62.3. The summed E-state index contributed by atoms with van der Waals surface area (Å²) in [6.07, 6.45) is -1.51. The quantitative estimate of drug-likeness (QED) is 0.191. The van der Waals surface area contributed by atoms with Gasteiger partial charge in [0, 0.05) is 13.1 Å². The van der Waals surface area contributed by atoms with Crippen LogP contribution in [-0.4, -0.2) is 89.2 Å². The second kappa shape index (κ2) is 9.21. The third-order valence-corrected chi connectivity index (χ3v) is 5.41. The van der Waals surface area contributed by atoms with Crippen molar-refractivity contribution < 1.29 is 29.5 Å². The van der Waals surface area contributed by atoms with Gasteiger partial charge in [-0.05, 0) is 0 Å². The summed E-state index contributed by atoms with van der Waals surface area (Å²) >= 11 is 0. The van der Waals surface area contributed by atoms with Gasteiger partial charge in [0.2, 0.25) is 0 Å². The number of hydrogen-bond acceptors (Lipinski definition) is 14. The van der Waals surface area contributed by atoms with Crippen LogP contribution in [0.15, 0.2) is 0 Å². The standard InChI is InChI=1S/C12H20N8O12/c1-10(15(21)22,16(23)24)3-5-13-7-12(19(29)30,20(31)32)8-14(9-13)6-4-11(2,17(25)26)18(27)28/h3-9H2,1-2H3. The van der Waals surface area contributed by atoms with Crippen LogP contribution < -0.4 is 0 Å². The zero-order valence-electron chi connectivity index (χ0n) is 16.9. The molecule has 20 heteroatoms. The zero-order chi connectivity index (χ0) is 25.1. The molecule has 0 bridgehead atoms. The molecule has 0 amide bonds. The first-order chi connectivity index (χ1) is 14.5. The van der Waals surface area contributed by atoms with Crippen LogP contribution in [0.1, 0.15) is 26.7 Å². The van der Waals surface area contributed by atoms with Gasteiger partial charge in [-0.3, -0.25) is 70.5 Å². The summed E-state index contributed by atoms with van der Waals surface area (Å²) in [6, 6.07) is 0. The minimum Gasteiger partial charge on any atom is -0.277 e. The van der Waals surface area contributed by atoms with Crippen molar-refractivity contribution in [2.24, 2.45) is 0 Å².